The van der Waals surface area contributed by atoms with Crippen LogP contribution in [-0.2, 0) is 0 Å². The van der Waals surface area contributed by atoms with Crippen molar-refractivity contribution in [1.29, 1.82) is 0 Å². The molecule has 0 aromatic rings. The number of hydrogen-bond donors (Lipinski definition) is 1. The van der Waals surface area contributed by atoms with Crippen molar-refractivity contribution in [3.05, 3.63) is 0 Å². The molecular weight excluding hydrogens is 184 g/mol. The molecule has 1 fully saturated rings. The van der Waals surface area contributed by atoms with E-state index in [9.17, 15) is 0 Å². The van der Waals surface area contributed by atoms with E-state index in [1.54, 1.807) is 0 Å². The second-order valence-electron chi connectivity index (χ2n) is 4.89. The first kappa shape index (κ1) is 13.0. The fourth-order valence-electron chi connectivity index (χ4n) is 2.25. The van der Waals surface area contributed by atoms with E-state index >= 15 is 0 Å². The van der Waals surface area contributed by atoms with E-state index in [2.05, 4.69) is 11.8 Å². The summed E-state index contributed by atoms with van der Waals surface area (Å²) in [5.41, 5.74) is 5.48. The highest BCUT2D eigenvalue weighted by molar-refractivity contribution is 4.73. The Kier molecular flexibility index (Phi) is 7.03. The minimum absolute atomic E-state index is 0.861. The fraction of sp³-hybridized carbons (Fsp3) is 1.00. The lowest BCUT2D eigenvalue weighted by Gasteiger charge is -2.31. The van der Waals surface area contributed by atoms with Crippen LogP contribution in [-0.4, -0.2) is 31.1 Å². The Bertz CT molecular complexity index is 143. The zero-order valence-electron chi connectivity index (χ0n) is 10.4. The predicted octanol–water partition coefficient (Wildman–Crippen LogP) is 2.63. The van der Waals surface area contributed by atoms with Gasteiger partial charge in [0.25, 0.3) is 0 Å². The van der Waals surface area contributed by atoms with Crippen LogP contribution < -0.4 is 5.73 Å². The van der Waals surface area contributed by atoms with E-state index in [1.807, 2.05) is 0 Å². The van der Waals surface area contributed by atoms with E-state index in [-0.39, 0.29) is 0 Å². The molecule has 0 aliphatic heterocycles. The largest absolute Gasteiger partial charge is 0.330 e. The third-order valence-corrected chi connectivity index (χ3v) is 3.62. The van der Waals surface area contributed by atoms with Gasteiger partial charge in [0, 0.05) is 6.54 Å². The van der Waals surface area contributed by atoms with E-state index in [0.29, 0.717) is 0 Å². The van der Waals surface area contributed by atoms with Crippen molar-refractivity contribution < 1.29 is 0 Å². The van der Waals surface area contributed by atoms with Gasteiger partial charge in [-0.2, -0.15) is 0 Å². The molecular formula is C13H28N2. The fourth-order valence-corrected chi connectivity index (χ4v) is 2.25. The summed E-state index contributed by atoms with van der Waals surface area (Å²) in [4.78, 5) is 2.63. The molecule has 0 spiro atoms. The lowest BCUT2D eigenvalue weighted by molar-refractivity contribution is 0.181. The summed E-state index contributed by atoms with van der Waals surface area (Å²) in [6.07, 6.45) is 9.66. The highest BCUT2D eigenvalue weighted by Crippen LogP contribution is 2.27. The van der Waals surface area contributed by atoms with Crippen molar-refractivity contribution in [2.75, 3.05) is 26.2 Å². The van der Waals surface area contributed by atoms with Gasteiger partial charge < -0.3 is 10.6 Å². The summed E-state index contributed by atoms with van der Waals surface area (Å²) in [5.74, 6) is 1.02. The lowest BCUT2D eigenvalue weighted by Crippen LogP contribution is -2.33. The average Bonchev–Trinajstić information content (AvgIpc) is 2.19. The van der Waals surface area contributed by atoms with E-state index in [0.717, 1.165) is 12.5 Å². The molecule has 0 aromatic heterocycles. The van der Waals surface area contributed by atoms with Gasteiger partial charge in [-0.15, -0.1) is 0 Å². The number of nitrogens with two attached hydrogens (primary N) is 1. The maximum Gasteiger partial charge on any atom is 0.000954 e. The Morgan fingerprint density at radius 1 is 1.13 bits per heavy atom. The van der Waals surface area contributed by atoms with Crippen LogP contribution in [0.2, 0.25) is 0 Å². The highest BCUT2D eigenvalue weighted by atomic mass is 15.1. The Morgan fingerprint density at radius 3 is 2.40 bits per heavy atom. The first-order valence-electron chi connectivity index (χ1n) is 6.79. The van der Waals surface area contributed by atoms with Crippen molar-refractivity contribution >= 4 is 0 Å². The third kappa shape index (κ3) is 5.53. The van der Waals surface area contributed by atoms with Gasteiger partial charge in [-0.05, 0) is 51.2 Å². The van der Waals surface area contributed by atoms with Gasteiger partial charge in [0.2, 0.25) is 0 Å². The predicted molar refractivity (Wildman–Crippen MR) is 67.0 cm³/mol. The molecule has 1 rings (SSSR count). The SMILES string of the molecule is CCN(CCCCCCN)CC1CCC1. The Balaban J connectivity index is 1.95. The highest BCUT2D eigenvalue weighted by Gasteiger charge is 2.19. The van der Waals surface area contributed by atoms with Crippen molar-refractivity contribution in [2.45, 2.75) is 51.9 Å². The van der Waals surface area contributed by atoms with Gasteiger partial charge in [-0.25, -0.2) is 0 Å². The number of unbranched alkanes of at least 4 members (excludes halogenated alkanes) is 3. The molecule has 0 heterocycles. The molecule has 1 saturated carbocycles. The van der Waals surface area contributed by atoms with Gasteiger partial charge in [-0.1, -0.05) is 26.2 Å². The molecule has 0 bridgehead atoms. The molecule has 0 aromatic carbocycles. The summed E-state index contributed by atoms with van der Waals surface area (Å²) in [6.45, 7) is 7.04. The van der Waals surface area contributed by atoms with Crippen LogP contribution in [0.3, 0.4) is 0 Å². The first-order valence-corrected chi connectivity index (χ1v) is 6.79. The molecule has 0 saturated heterocycles. The molecule has 15 heavy (non-hydrogen) atoms. The second-order valence-corrected chi connectivity index (χ2v) is 4.89. The Morgan fingerprint density at radius 2 is 1.87 bits per heavy atom. The average molecular weight is 212 g/mol. The standard InChI is InChI=1S/C13H28N2/c1-2-15(12-13-8-7-9-13)11-6-4-3-5-10-14/h13H,2-12,14H2,1H3. The molecule has 1 aliphatic rings. The van der Waals surface area contributed by atoms with E-state index in [1.165, 1.54) is 64.6 Å². The molecule has 1 aliphatic carbocycles. The smallest absolute Gasteiger partial charge is 0.000954 e. The monoisotopic (exact) mass is 212 g/mol. The molecule has 0 atom stereocenters. The lowest BCUT2D eigenvalue weighted by atomic mass is 9.85. The molecule has 2 N–H and O–H groups in total. The normalized spacial score (nSPS) is 17.0. The van der Waals surface area contributed by atoms with Gasteiger partial charge in [-0.3, -0.25) is 0 Å². The molecule has 2 nitrogen and oxygen atoms in total. The van der Waals surface area contributed by atoms with Crippen molar-refractivity contribution in [3.63, 3.8) is 0 Å². The van der Waals surface area contributed by atoms with Gasteiger partial charge >= 0.3 is 0 Å². The van der Waals surface area contributed by atoms with Crippen molar-refractivity contribution in [3.8, 4) is 0 Å². The Labute approximate surface area is 95.2 Å². The van der Waals surface area contributed by atoms with Crippen molar-refractivity contribution in [1.82, 2.24) is 4.90 Å². The summed E-state index contributed by atoms with van der Waals surface area (Å²) in [7, 11) is 0. The summed E-state index contributed by atoms with van der Waals surface area (Å²) >= 11 is 0. The first-order chi connectivity index (χ1) is 7.36. The van der Waals surface area contributed by atoms with Gasteiger partial charge in [0.1, 0.15) is 0 Å². The maximum absolute atomic E-state index is 5.48. The van der Waals surface area contributed by atoms with Crippen LogP contribution in [0.25, 0.3) is 0 Å². The van der Waals surface area contributed by atoms with Crippen LogP contribution in [0.4, 0.5) is 0 Å². The van der Waals surface area contributed by atoms with Crippen LogP contribution in [0, 0.1) is 5.92 Å². The summed E-state index contributed by atoms with van der Waals surface area (Å²) in [6, 6.07) is 0. The minimum atomic E-state index is 0.861. The molecule has 0 amide bonds. The summed E-state index contributed by atoms with van der Waals surface area (Å²) in [5, 5.41) is 0. The van der Waals surface area contributed by atoms with Gasteiger partial charge in [0.05, 0.1) is 0 Å². The number of hydrogen-bond acceptors (Lipinski definition) is 2. The van der Waals surface area contributed by atoms with E-state index in [4.69, 9.17) is 5.73 Å². The van der Waals surface area contributed by atoms with E-state index < -0.39 is 0 Å². The quantitative estimate of drug-likeness (QED) is 0.595. The second kappa shape index (κ2) is 8.12. The molecule has 90 valence electrons. The maximum atomic E-state index is 5.48. The third-order valence-electron chi connectivity index (χ3n) is 3.62. The molecule has 2 heteroatoms. The number of nitrogens with zero attached hydrogens (tertiary/aromatic N) is 1. The van der Waals surface area contributed by atoms with Crippen LogP contribution in [0.15, 0.2) is 0 Å². The minimum Gasteiger partial charge on any atom is -0.330 e. The topological polar surface area (TPSA) is 29.3 Å². The van der Waals surface area contributed by atoms with Gasteiger partial charge in [0.15, 0.2) is 0 Å². The Hall–Kier alpha value is -0.0800. The zero-order valence-corrected chi connectivity index (χ0v) is 10.4. The number of rotatable bonds is 9. The molecule has 0 unspecified atom stereocenters. The molecule has 0 radical (unpaired) electrons. The van der Waals surface area contributed by atoms with Crippen LogP contribution in [0.5, 0.6) is 0 Å². The summed E-state index contributed by atoms with van der Waals surface area (Å²) < 4.78 is 0. The van der Waals surface area contributed by atoms with Crippen LogP contribution in [0.1, 0.15) is 51.9 Å². The van der Waals surface area contributed by atoms with Crippen LogP contribution >= 0.6 is 0 Å². The zero-order chi connectivity index (χ0) is 10.9. The van der Waals surface area contributed by atoms with Crippen molar-refractivity contribution in [2.24, 2.45) is 11.7 Å².